The highest BCUT2D eigenvalue weighted by atomic mass is 35.5. The molecule has 2 aromatic rings. The minimum Gasteiger partial charge on any atom is -0.497 e. The van der Waals surface area contributed by atoms with Gasteiger partial charge in [0.05, 0.1) is 34.2 Å². The lowest BCUT2D eigenvalue weighted by molar-refractivity contribution is 0.415. The predicted octanol–water partition coefficient (Wildman–Crippen LogP) is 6.18. The third-order valence-corrected chi connectivity index (χ3v) is 5.12. The number of nitrogens with one attached hydrogen (secondary N) is 1. The average molecular weight is 396 g/mol. The molecule has 0 unspecified atom stereocenters. The summed E-state index contributed by atoms with van der Waals surface area (Å²) in [4.78, 5) is 9.77. The molecule has 0 saturated carbocycles. The van der Waals surface area contributed by atoms with Crippen LogP contribution in [0.2, 0.25) is 10.0 Å². The van der Waals surface area contributed by atoms with Crippen LogP contribution in [-0.2, 0) is 12.8 Å². The van der Waals surface area contributed by atoms with Gasteiger partial charge < -0.3 is 10.1 Å². The molecule has 2 rings (SSSR count). The normalized spacial score (nSPS) is 11.1. The number of benzene rings is 1. The molecule has 6 heteroatoms. The Morgan fingerprint density at radius 2 is 1.54 bits per heavy atom. The number of aromatic nitrogens is 2. The van der Waals surface area contributed by atoms with Crippen molar-refractivity contribution in [1.82, 2.24) is 9.97 Å². The predicted molar refractivity (Wildman–Crippen MR) is 111 cm³/mol. The zero-order valence-electron chi connectivity index (χ0n) is 16.1. The summed E-state index contributed by atoms with van der Waals surface area (Å²) in [6, 6.07) is 3.90. The van der Waals surface area contributed by atoms with Crippen LogP contribution < -0.4 is 10.1 Å². The second kappa shape index (κ2) is 9.43. The number of methoxy groups -OCH3 is 1. The van der Waals surface area contributed by atoms with Crippen molar-refractivity contribution in [2.75, 3.05) is 12.4 Å². The fraction of sp³-hybridized carbons (Fsp3) is 0.500. The number of nitrogens with zero attached hydrogens (tertiary/aromatic N) is 2. The molecule has 0 spiro atoms. The van der Waals surface area contributed by atoms with E-state index in [4.69, 9.17) is 37.9 Å². The fourth-order valence-electron chi connectivity index (χ4n) is 2.89. The Morgan fingerprint density at radius 1 is 0.962 bits per heavy atom. The summed E-state index contributed by atoms with van der Waals surface area (Å²) in [6.45, 7) is 8.48. The SMILES string of the molecule is CCc1nc(-c2c(Cl)cc(OC)cc2Cl)c(CC)nc1NC(CC)CC. The van der Waals surface area contributed by atoms with Crippen LogP contribution in [0.1, 0.15) is 51.9 Å². The lowest BCUT2D eigenvalue weighted by Crippen LogP contribution is -2.20. The largest absolute Gasteiger partial charge is 0.497 e. The smallest absolute Gasteiger partial charge is 0.148 e. The van der Waals surface area contributed by atoms with Crippen LogP contribution >= 0.6 is 23.2 Å². The van der Waals surface area contributed by atoms with Crippen LogP contribution in [0.5, 0.6) is 5.75 Å². The Kier molecular flexibility index (Phi) is 7.54. The monoisotopic (exact) mass is 395 g/mol. The van der Waals surface area contributed by atoms with Crippen LogP contribution in [0, 0.1) is 0 Å². The number of rotatable bonds is 8. The van der Waals surface area contributed by atoms with Gasteiger partial charge in [-0.25, -0.2) is 9.97 Å². The van der Waals surface area contributed by atoms with Gasteiger partial charge in [-0.05, 0) is 37.8 Å². The maximum atomic E-state index is 6.49. The van der Waals surface area contributed by atoms with Gasteiger partial charge in [-0.2, -0.15) is 0 Å². The van der Waals surface area contributed by atoms with E-state index >= 15 is 0 Å². The molecule has 26 heavy (non-hydrogen) atoms. The molecule has 0 fully saturated rings. The molecule has 142 valence electrons. The number of halogens is 2. The lowest BCUT2D eigenvalue weighted by Gasteiger charge is -2.20. The third-order valence-electron chi connectivity index (χ3n) is 4.52. The van der Waals surface area contributed by atoms with Crippen molar-refractivity contribution in [2.24, 2.45) is 0 Å². The summed E-state index contributed by atoms with van der Waals surface area (Å²) in [5.41, 5.74) is 3.26. The molecule has 0 bridgehead atoms. The van der Waals surface area contributed by atoms with E-state index in [-0.39, 0.29) is 0 Å². The molecular weight excluding hydrogens is 369 g/mol. The Balaban J connectivity index is 2.60. The standard InChI is InChI=1S/C20H27Cl2N3O/c1-6-12(7-2)23-20-17(9-4)24-19(16(8-3)25-20)18-14(21)10-13(26-5)11-15(18)22/h10-12H,6-9H2,1-5H3,(H,23,25). The molecule has 0 aliphatic carbocycles. The number of ether oxygens (including phenoxy) is 1. The van der Waals surface area contributed by atoms with Gasteiger partial charge in [0, 0.05) is 11.6 Å². The van der Waals surface area contributed by atoms with E-state index in [1.165, 1.54) is 0 Å². The molecule has 1 N–H and O–H groups in total. The molecule has 0 radical (unpaired) electrons. The minimum absolute atomic E-state index is 0.387. The number of aryl methyl sites for hydroxylation is 2. The van der Waals surface area contributed by atoms with Gasteiger partial charge in [-0.15, -0.1) is 0 Å². The molecule has 0 amide bonds. The van der Waals surface area contributed by atoms with Crippen molar-refractivity contribution in [1.29, 1.82) is 0 Å². The molecule has 1 aromatic carbocycles. The lowest BCUT2D eigenvalue weighted by atomic mass is 10.1. The Morgan fingerprint density at radius 3 is 2.00 bits per heavy atom. The van der Waals surface area contributed by atoms with Crippen LogP contribution in [-0.4, -0.2) is 23.1 Å². The third kappa shape index (κ3) is 4.41. The first kappa shape index (κ1) is 20.8. The van der Waals surface area contributed by atoms with Crippen molar-refractivity contribution in [3.63, 3.8) is 0 Å². The van der Waals surface area contributed by atoms with E-state index in [0.717, 1.165) is 48.6 Å². The summed E-state index contributed by atoms with van der Waals surface area (Å²) in [7, 11) is 1.59. The van der Waals surface area contributed by atoms with Crippen molar-refractivity contribution < 1.29 is 4.74 Å². The van der Waals surface area contributed by atoms with E-state index in [1.807, 2.05) is 0 Å². The number of hydrogen-bond donors (Lipinski definition) is 1. The van der Waals surface area contributed by atoms with Gasteiger partial charge >= 0.3 is 0 Å². The highest BCUT2D eigenvalue weighted by Gasteiger charge is 2.20. The molecule has 4 nitrogen and oxygen atoms in total. The van der Waals surface area contributed by atoms with Crippen LogP contribution in [0.15, 0.2) is 12.1 Å². The first-order valence-electron chi connectivity index (χ1n) is 9.18. The van der Waals surface area contributed by atoms with Crippen LogP contribution in [0.4, 0.5) is 5.82 Å². The number of hydrogen-bond acceptors (Lipinski definition) is 4. The van der Waals surface area contributed by atoms with Gasteiger partial charge in [-0.3, -0.25) is 0 Å². The van der Waals surface area contributed by atoms with E-state index in [0.29, 0.717) is 27.4 Å². The number of anilines is 1. The van der Waals surface area contributed by atoms with E-state index in [2.05, 4.69) is 33.0 Å². The van der Waals surface area contributed by atoms with Gasteiger partial charge in [0.15, 0.2) is 0 Å². The molecule has 0 aliphatic rings. The van der Waals surface area contributed by atoms with E-state index in [1.54, 1.807) is 19.2 Å². The molecule has 1 aromatic heterocycles. The molecule has 0 saturated heterocycles. The van der Waals surface area contributed by atoms with Gasteiger partial charge in [0.2, 0.25) is 0 Å². The second-order valence-corrected chi connectivity index (χ2v) is 6.96. The minimum atomic E-state index is 0.387. The van der Waals surface area contributed by atoms with Gasteiger partial charge in [0.25, 0.3) is 0 Å². The Hall–Kier alpha value is -1.52. The maximum absolute atomic E-state index is 6.49. The Labute approximate surface area is 166 Å². The quantitative estimate of drug-likeness (QED) is 0.578. The molecular formula is C20H27Cl2N3O. The Bertz CT molecular complexity index is 738. The first-order valence-corrected chi connectivity index (χ1v) is 9.94. The fourth-order valence-corrected chi connectivity index (χ4v) is 3.54. The molecule has 1 heterocycles. The first-order chi connectivity index (χ1) is 12.5. The summed E-state index contributed by atoms with van der Waals surface area (Å²) in [5, 5.41) is 4.57. The molecule has 0 aliphatic heterocycles. The molecule has 0 atom stereocenters. The summed E-state index contributed by atoms with van der Waals surface area (Å²) in [6.07, 6.45) is 3.60. The zero-order chi connectivity index (χ0) is 19.3. The van der Waals surface area contributed by atoms with Crippen molar-refractivity contribution in [3.05, 3.63) is 33.6 Å². The zero-order valence-corrected chi connectivity index (χ0v) is 17.6. The van der Waals surface area contributed by atoms with Crippen LogP contribution in [0.25, 0.3) is 11.3 Å². The van der Waals surface area contributed by atoms with Crippen molar-refractivity contribution in [2.45, 2.75) is 59.4 Å². The second-order valence-electron chi connectivity index (χ2n) is 6.15. The summed E-state index contributed by atoms with van der Waals surface area (Å²) in [5.74, 6) is 1.49. The highest BCUT2D eigenvalue weighted by molar-refractivity contribution is 6.39. The van der Waals surface area contributed by atoms with E-state index in [9.17, 15) is 0 Å². The van der Waals surface area contributed by atoms with Crippen LogP contribution in [0.3, 0.4) is 0 Å². The summed E-state index contributed by atoms with van der Waals surface area (Å²) >= 11 is 13.0. The van der Waals surface area contributed by atoms with Crippen molar-refractivity contribution in [3.8, 4) is 17.0 Å². The average Bonchev–Trinajstić information content (AvgIpc) is 2.65. The van der Waals surface area contributed by atoms with Gasteiger partial charge in [0.1, 0.15) is 11.6 Å². The summed E-state index contributed by atoms with van der Waals surface area (Å²) < 4.78 is 5.24. The van der Waals surface area contributed by atoms with Crippen molar-refractivity contribution >= 4 is 29.0 Å². The van der Waals surface area contributed by atoms with Gasteiger partial charge in [-0.1, -0.05) is 50.9 Å². The van der Waals surface area contributed by atoms with E-state index < -0.39 is 0 Å². The highest BCUT2D eigenvalue weighted by Crippen LogP contribution is 2.39. The topological polar surface area (TPSA) is 47.0 Å². The maximum Gasteiger partial charge on any atom is 0.148 e.